The Labute approximate surface area is 95.3 Å². The summed E-state index contributed by atoms with van der Waals surface area (Å²) in [6.45, 7) is 4.26. The summed E-state index contributed by atoms with van der Waals surface area (Å²) >= 11 is 1.65. The summed E-state index contributed by atoms with van der Waals surface area (Å²) in [5.74, 6) is 0.822. The van der Waals surface area contributed by atoms with Crippen molar-refractivity contribution in [1.82, 2.24) is 10.2 Å². The quantitative estimate of drug-likeness (QED) is 0.858. The zero-order chi connectivity index (χ0) is 10.7. The van der Waals surface area contributed by atoms with Crippen LogP contribution in [0.3, 0.4) is 0 Å². The monoisotopic (exact) mass is 225 g/mol. The van der Waals surface area contributed by atoms with Crippen molar-refractivity contribution in [3.63, 3.8) is 0 Å². The number of aromatic nitrogens is 2. The summed E-state index contributed by atoms with van der Waals surface area (Å²) < 4.78 is 0. The molecule has 1 saturated carbocycles. The van der Waals surface area contributed by atoms with Crippen LogP contribution in [-0.2, 0) is 0 Å². The molecule has 0 amide bonds. The third-order valence-electron chi connectivity index (χ3n) is 3.23. The van der Waals surface area contributed by atoms with Crippen molar-refractivity contribution in [2.75, 3.05) is 5.32 Å². The van der Waals surface area contributed by atoms with Crippen molar-refractivity contribution in [2.45, 2.75) is 52.0 Å². The fraction of sp³-hybridized carbons (Fsp3) is 0.818. The van der Waals surface area contributed by atoms with Crippen molar-refractivity contribution < 1.29 is 0 Å². The fourth-order valence-corrected chi connectivity index (χ4v) is 2.99. The maximum Gasteiger partial charge on any atom is 0.205 e. The van der Waals surface area contributed by atoms with Crippen LogP contribution in [0.4, 0.5) is 5.13 Å². The number of hydrogen-bond donors (Lipinski definition) is 1. The van der Waals surface area contributed by atoms with Gasteiger partial charge in [0.05, 0.1) is 0 Å². The number of hydrogen-bond acceptors (Lipinski definition) is 4. The Kier molecular flexibility index (Phi) is 3.57. The second kappa shape index (κ2) is 4.92. The second-order valence-corrected chi connectivity index (χ2v) is 5.64. The minimum absolute atomic E-state index is 0.539. The van der Waals surface area contributed by atoms with E-state index in [1.807, 2.05) is 6.92 Å². The molecule has 0 bridgehead atoms. The molecular formula is C11H19N3S. The van der Waals surface area contributed by atoms with Gasteiger partial charge in [-0.2, -0.15) is 0 Å². The van der Waals surface area contributed by atoms with Crippen LogP contribution in [0.2, 0.25) is 0 Å². The first-order chi connectivity index (χ1) is 7.25. The molecule has 0 aromatic carbocycles. The van der Waals surface area contributed by atoms with Crippen molar-refractivity contribution in [1.29, 1.82) is 0 Å². The largest absolute Gasteiger partial charge is 0.357 e. The number of anilines is 1. The first-order valence-corrected chi connectivity index (χ1v) is 6.64. The normalized spacial score (nSPS) is 20.1. The molecule has 1 unspecified atom stereocenters. The lowest BCUT2D eigenvalue weighted by atomic mass is 9.85. The van der Waals surface area contributed by atoms with Crippen molar-refractivity contribution in [3.8, 4) is 0 Å². The van der Waals surface area contributed by atoms with E-state index in [9.17, 15) is 0 Å². The maximum atomic E-state index is 4.11. The van der Waals surface area contributed by atoms with Gasteiger partial charge in [-0.15, -0.1) is 10.2 Å². The Bertz CT molecular complexity index is 305. The maximum absolute atomic E-state index is 4.11. The van der Waals surface area contributed by atoms with Gasteiger partial charge in [-0.05, 0) is 32.6 Å². The predicted molar refractivity (Wildman–Crippen MR) is 64.3 cm³/mol. The van der Waals surface area contributed by atoms with Gasteiger partial charge in [0.25, 0.3) is 0 Å². The Morgan fingerprint density at radius 3 is 2.60 bits per heavy atom. The van der Waals surface area contributed by atoms with Crippen LogP contribution >= 0.6 is 11.3 Å². The second-order valence-electron chi connectivity index (χ2n) is 4.46. The lowest BCUT2D eigenvalue weighted by Gasteiger charge is -2.27. The van der Waals surface area contributed by atoms with Crippen LogP contribution in [0, 0.1) is 12.8 Å². The molecule has 1 aliphatic carbocycles. The highest BCUT2D eigenvalue weighted by atomic mass is 32.1. The molecule has 84 valence electrons. The van der Waals surface area contributed by atoms with E-state index in [-0.39, 0.29) is 0 Å². The average molecular weight is 225 g/mol. The number of nitrogens with one attached hydrogen (secondary N) is 1. The molecule has 1 fully saturated rings. The Morgan fingerprint density at radius 1 is 1.27 bits per heavy atom. The molecule has 1 atom stereocenters. The van der Waals surface area contributed by atoms with E-state index in [4.69, 9.17) is 0 Å². The molecule has 1 aromatic heterocycles. The third-order valence-corrected chi connectivity index (χ3v) is 4.00. The van der Waals surface area contributed by atoms with E-state index in [0.717, 1.165) is 16.1 Å². The Hall–Kier alpha value is -0.640. The summed E-state index contributed by atoms with van der Waals surface area (Å²) in [6, 6.07) is 0.539. The number of rotatable bonds is 3. The van der Waals surface area contributed by atoms with E-state index in [0.29, 0.717) is 6.04 Å². The molecule has 0 spiro atoms. The molecule has 15 heavy (non-hydrogen) atoms. The first kappa shape index (κ1) is 10.9. The highest BCUT2D eigenvalue weighted by Gasteiger charge is 2.20. The summed E-state index contributed by atoms with van der Waals surface area (Å²) in [5.41, 5.74) is 0. The van der Waals surface area contributed by atoms with E-state index < -0.39 is 0 Å². The predicted octanol–water partition coefficient (Wildman–Crippen LogP) is 3.23. The van der Waals surface area contributed by atoms with Gasteiger partial charge in [0, 0.05) is 6.04 Å². The molecular weight excluding hydrogens is 206 g/mol. The van der Waals surface area contributed by atoms with Crippen LogP contribution in [0.5, 0.6) is 0 Å². The molecule has 3 nitrogen and oxygen atoms in total. The van der Waals surface area contributed by atoms with Gasteiger partial charge < -0.3 is 5.32 Å². The number of aryl methyl sites for hydroxylation is 1. The van der Waals surface area contributed by atoms with Crippen LogP contribution < -0.4 is 5.32 Å². The van der Waals surface area contributed by atoms with Gasteiger partial charge in [0.15, 0.2) is 0 Å². The standard InChI is InChI=1S/C11H19N3S/c1-8(10-6-4-3-5-7-10)12-11-14-13-9(2)15-11/h8,10H,3-7H2,1-2H3,(H,12,14). The first-order valence-electron chi connectivity index (χ1n) is 5.82. The van der Waals surface area contributed by atoms with E-state index in [2.05, 4.69) is 22.4 Å². The zero-order valence-corrected chi connectivity index (χ0v) is 10.3. The molecule has 0 saturated heterocycles. The lowest BCUT2D eigenvalue weighted by Crippen LogP contribution is -2.27. The SMILES string of the molecule is Cc1nnc(NC(C)C2CCCCC2)s1. The molecule has 1 N–H and O–H groups in total. The summed E-state index contributed by atoms with van der Waals surface area (Å²) in [5, 5.41) is 13.6. The topological polar surface area (TPSA) is 37.8 Å². The van der Waals surface area contributed by atoms with Crippen molar-refractivity contribution >= 4 is 16.5 Å². The van der Waals surface area contributed by atoms with Crippen LogP contribution in [0.15, 0.2) is 0 Å². The zero-order valence-electron chi connectivity index (χ0n) is 9.49. The molecule has 2 rings (SSSR count). The minimum atomic E-state index is 0.539. The van der Waals surface area contributed by atoms with Crippen LogP contribution in [0.1, 0.15) is 44.0 Å². The number of nitrogens with zero attached hydrogens (tertiary/aromatic N) is 2. The van der Waals surface area contributed by atoms with Crippen LogP contribution in [0.25, 0.3) is 0 Å². The summed E-state index contributed by atoms with van der Waals surface area (Å²) in [4.78, 5) is 0. The Morgan fingerprint density at radius 2 is 2.00 bits per heavy atom. The molecule has 1 aromatic rings. The van der Waals surface area contributed by atoms with E-state index in [1.54, 1.807) is 11.3 Å². The van der Waals surface area contributed by atoms with Crippen molar-refractivity contribution in [2.24, 2.45) is 5.92 Å². The summed E-state index contributed by atoms with van der Waals surface area (Å²) in [6.07, 6.45) is 6.94. The highest BCUT2D eigenvalue weighted by Crippen LogP contribution is 2.28. The molecule has 1 aliphatic rings. The fourth-order valence-electron chi connectivity index (χ4n) is 2.30. The highest BCUT2D eigenvalue weighted by molar-refractivity contribution is 7.15. The molecule has 4 heteroatoms. The molecule has 0 aliphatic heterocycles. The van der Waals surface area contributed by atoms with Gasteiger partial charge in [-0.25, -0.2) is 0 Å². The molecule has 1 heterocycles. The van der Waals surface area contributed by atoms with Gasteiger partial charge >= 0.3 is 0 Å². The van der Waals surface area contributed by atoms with Gasteiger partial charge in [0.2, 0.25) is 5.13 Å². The van der Waals surface area contributed by atoms with Gasteiger partial charge in [-0.1, -0.05) is 30.6 Å². The van der Waals surface area contributed by atoms with E-state index >= 15 is 0 Å². The summed E-state index contributed by atoms with van der Waals surface area (Å²) in [7, 11) is 0. The molecule has 0 radical (unpaired) electrons. The lowest BCUT2D eigenvalue weighted by molar-refractivity contribution is 0.328. The minimum Gasteiger partial charge on any atom is -0.357 e. The van der Waals surface area contributed by atoms with Crippen LogP contribution in [-0.4, -0.2) is 16.2 Å². The smallest absolute Gasteiger partial charge is 0.205 e. The Balaban J connectivity index is 1.88. The van der Waals surface area contributed by atoms with Gasteiger partial charge in [0.1, 0.15) is 5.01 Å². The third kappa shape index (κ3) is 2.91. The van der Waals surface area contributed by atoms with Gasteiger partial charge in [-0.3, -0.25) is 0 Å². The average Bonchev–Trinajstić information content (AvgIpc) is 2.65. The van der Waals surface area contributed by atoms with E-state index in [1.165, 1.54) is 32.1 Å². The van der Waals surface area contributed by atoms with Crippen molar-refractivity contribution in [3.05, 3.63) is 5.01 Å².